The molecule has 1 aliphatic heterocycles. The molecule has 8 heteroatoms. The van der Waals surface area contributed by atoms with Crippen molar-refractivity contribution in [3.63, 3.8) is 0 Å². The van der Waals surface area contributed by atoms with Crippen LogP contribution in [0.3, 0.4) is 0 Å². The van der Waals surface area contributed by atoms with Gasteiger partial charge in [-0.2, -0.15) is 4.98 Å². The Hall–Kier alpha value is -2.09. The Morgan fingerprint density at radius 1 is 1.48 bits per heavy atom. The van der Waals surface area contributed by atoms with Crippen LogP contribution in [0.25, 0.3) is 0 Å². The Kier molecular flexibility index (Phi) is 3.54. The van der Waals surface area contributed by atoms with Crippen molar-refractivity contribution in [1.82, 2.24) is 20.1 Å². The highest BCUT2D eigenvalue weighted by molar-refractivity contribution is 5.44. The maximum atomic E-state index is 14.4. The molecule has 1 aliphatic rings. The van der Waals surface area contributed by atoms with E-state index in [1.165, 1.54) is 6.33 Å². The first-order valence-corrected chi connectivity index (χ1v) is 6.84. The van der Waals surface area contributed by atoms with E-state index in [0.717, 1.165) is 0 Å². The lowest BCUT2D eigenvalue weighted by Crippen LogP contribution is -2.27. The second-order valence-electron chi connectivity index (χ2n) is 5.05. The smallest absolute Gasteiger partial charge is 0.249 e. The molecule has 0 spiro atoms. The number of halogens is 1. The van der Waals surface area contributed by atoms with Crippen LogP contribution in [-0.4, -0.2) is 37.9 Å². The summed E-state index contributed by atoms with van der Waals surface area (Å²) in [6, 6.07) is -0.379. The van der Waals surface area contributed by atoms with Crippen molar-refractivity contribution in [2.75, 3.05) is 11.4 Å². The van der Waals surface area contributed by atoms with Crippen molar-refractivity contribution in [1.29, 1.82) is 0 Å². The summed E-state index contributed by atoms with van der Waals surface area (Å²) < 4.78 is 19.6. The summed E-state index contributed by atoms with van der Waals surface area (Å²) in [5, 5.41) is 13.7. The average molecular weight is 293 g/mol. The number of hydrogen-bond donors (Lipinski definition) is 1. The summed E-state index contributed by atoms with van der Waals surface area (Å²) in [5.41, 5.74) is 0.349. The number of aryl methyl sites for hydroxylation is 2. The topological polar surface area (TPSA) is 88.2 Å². The quantitative estimate of drug-likeness (QED) is 0.909. The molecule has 0 unspecified atom stereocenters. The first-order chi connectivity index (χ1) is 10.1. The Morgan fingerprint density at radius 2 is 2.29 bits per heavy atom. The summed E-state index contributed by atoms with van der Waals surface area (Å²) in [6.45, 7) is 3.80. The van der Waals surface area contributed by atoms with Crippen molar-refractivity contribution in [2.45, 2.75) is 38.8 Å². The van der Waals surface area contributed by atoms with Crippen LogP contribution in [-0.2, 0) is 6.42 Å². The molecule has 3 heterocycles. The molecule has 3 rings (SSSR count). The molecule has 0 aromatic carbocycles. The van der Waals surface area contributed by atoms with Gasteiger partial charge in [-0.3, -0.25) is 0 Å². The predicted molar refractivity (Wildman–Crippen MR) is 71.1 cm³/mol. The molecule has 0 aliphatic carbocycles. The number of aliphatic hydroxyl groups is 1. The summed E-state index contributed by atoms with van der Waals surface area (Å²) in [6.07, 6.45) is 1.61. The fourth-order valence-corrected chi connectivity index (χ4v) is 2.57. The third kappa shape index (κ3) is 2.46. The lowest BCUT2D eigenvalue weighted by Gasteiger charge is -2.23. The molecule has 1 fully saturated rings. The standard InChI is InChI=1S/C13H16FN5O2/c1-3-9-11(14)12(16-6-15-9)19-5-8(20)4-10(19)13-17-7(2)18-21-13/h6,8,10,20H,3-5H2,1-2H3/t8-,10-/m1/s1. The van der Waals surface area contributed by atoms with Gasteiger partial charge >= 0.3 is 0 Å². The predicted octanol–water partition coefficient (Wildman–Crippen LogP) is 1.18. The molecule has 112 valence electrons. The van der Waals surface area contributed by atoms with Crippen molar-refractivity contribution in [3.05, 3.63) is 29.6 Å². The van der Waals surface area contributed by atoms with Crippen LogP contribution in [0.15, 0.2) is 10.9 Å². The van der Waals surface area contributed by atoms with E-state index >= 15 is 0 Å². The molecular weight excluding hydrogens is 277 g/mol. The second kappa shape index (κ2) is 5.36. The van der Waals surface area contributed by atoms with Gasteiger partial charge in [0.2, 0.25) is 5.89 Å². The Bertz CT molecular complexity index is 647. The summed E-state index contributed by atoms with van der Waals surface area (Å²) in [4.78, 5) is 13.8. The second-order valence-corrected chi connectivity index (χ2v) is 5.05. The van der Waals surface area contributed by atoms with E-state index in [0.29, 0.717) is 30.3 Å². The van der Waals surface area contributed by atoms with E-state index in [4.69, 9.17) is 4.52 Å². The number of nitrogens with zero attached hydrogens (tertiary/aromatic N) is 5. The van der Waals surface area contributed by atoms with Crippen LogP contribution in [0.5, 0.6) is 0 Å². The van der Waals surface area contributed by atoms with Crippen LogP contribution in [0.4, 0.5) is 10.2 Å². The van der Waals surface area contributed by atoms with Gasteiger partial charge in [-0.15, -0.1) is 0 Å². The lowest BCUT2D eigenvalue weighted by atomic mass is 10.2. The number of anilines is 1. The molecule has 0 radical (unpaired) electrons. The Morgan fingerprint density at radius 3 is 2.95 bits per heavy atom. The minimum absolute atomic E-state index is 0.166. The molecule has 0 amide bonds. The van der Waals surface area contributed by atoms with Gasteiger partial charge in [-0.1, -0.05) is 12.1 Å². The van der Waals surface area contributed by atoms with Crippen molar-refractivity contribution < 1.29 is 14.0 Å². The van der Waals surface area contributed by atoms with Crippen LogP contribution < -0.4 is 4.90 Å². The summed E-state index contributed by atoms with van der Waals surface area (Å²) in [5.74, 6) is 0.568. The van der Waals surface area contributed by atoms with E-state index < -0.39 is 11.9 Å². The molecule has 21 heavy (non-hydrogen) atoms. The molecule has 1 N–H and O–H groups in total. The highest BCUT2D eigenvalue weighted by Gasteiger charge is 2.38. The maximum Gasteiger partial charge on any atom is 0.249 e. The summed E-state index contributed by atoms with van der Waals surface area (Å²) >= 11 is 0. The number of hydrogen-bond acceptors (Lipinski definition) is 7. The van der Waals surface area contributed by atoms with Gasteiger partial charge in [-0.05, 0) is 13.3 Å². The van der Waals surface area contributed by atoms with Gasteiger partial charge in [0.25, 0.3) is 0 Å². The highest BCUT2D eigenvalue weighted by atomic mass is 19.1. The van der Waals surface area contributed by atoms with E-state index in [1.54, 1.807) is 11.8 Å². The zero-order valence-corrected chi connectivity index (χ0v) is 11.8. The number of rotatable bonds is 3. The number of β-amino-alcohol motifs (C(OH)–C–C–N with tert-alkyl or cyclic N) is 1. The van der Waals surface area contributed by atoms with Crippen LogP contribution in [0.1, 0.15) is 36.8 Å². The van der Waals surface area contributed by atoms with Crippen LogP contribution in [0.2, 0.25) is 0 Å². The molecular formula is C13H16FN5O2. The monoisotopic (exact) mass is 293 g/mol. The van der Waals surface area contributed by atoms with E-state index in [1.807, 2.05) is 6.92 Å². The average Bonchev–Trinajstić information content (AvgIpc) is 3.05. The first-order valence-electron chi connectivity index (χ1n) is 6.84. The van der Waals surface area contributed by atoms with Gasteiger partial charge in [0, 0.05) is 13.0 Å². The largest absolute Gasteiger partial charge is 0.391 e. The molecule has 0 saturated carbocycles. The van der Waals surface area contributed by atoms with Crippen LogP contribution >= 0.6 is 0 Å². The zero-order valence-electron chi connectivity index (χ0n) is 11.8. The number of aliphatic hydroxyl groups excluding tert-OH is 1. The zero-order chi connectivity index (χ0) is 15.0. The van der Waals surface area contributed by atoms with E-state index in [2.05, 4.69) is 20.1 Å². The van der Waals surface area contributed by atoms with Crippen LogP contribution in [0, 0.1) is 12.7 Å². The van der Waals surface area contributed by atoms with Gasteiger partial charge in [0.1, 0.15) is 12.4 Å². The molecule has 0 bridgehead atoms. The number of aromatic nitrogens is 4. The molecule has 2 atom stereocenters. The van der Waals surface area contributed by atoms with Gasteiger partial charge in [0.15, 0.2) is 17.5 Å². The van der Waals surface area contributed by atoms with Gasteiger partial charge in [-0.25, -0.2) is 14.4 Å². The highest BCUT2D eigenvalue weighted by Crippen LogP contribution is 2.36. The van der Waals surface area contributed by atoms with Crippen molar-refractivity contribution >= 4 is 5.82 Å². The van der Waals surface area contributed by atoms with E-state index in [9.17, 15) is 9.50 Å². The fourth-order valence-electron chi connectivity index (χ4n) is 2.57. The van der Waals surface area contributed by atoms with Crippen molar-refractivity contribution in [2.24, 2.45) is 0 Å². The van der Waals surface area contributed by atoms with Gasteiger partial charge in [0.05, 0.1) is 11.8 Å². The van der Waals surface area contributed by atoms with Crippen molar-refractivity contribution in [3.8, 4) is 0 Å². The Labute approximate surface area is 120 Å². The maximum absolute atomic E-state index is 14.4. The third-order valence-electron chi connectivity index (χ3n) is 3.56. The van der Waals surface area contributed by atoms with Gasteiger partial charge < -0.3 is 14.5 Å². The molecule has 1 saturated heterocycles. The normalized spacial score (nSPS) is 22.0. The summed E-state index contributed by atoms with van der Waals surface area (Å²) in [7, 11) is 0. The minimum Gasteiger partial charge on any atom is -0.391 e. The first kappa shape index (κ1) is 13.9. The molecule has 2 aromatic heterocycles. The fraction of sp³-hybridized carbons (Fsp3) is 0.538. The molecule has 7 nitrogen and oxygen atoms in total. The minimum atomic E-state index is -0.596. The lowest BCUT2D eigenvalue weighted by molar-refractivity contribution is 0.191. The van der Waals surface area contributed by atoms with E-state index in [-0.39, 0.29) is 18.4 Å². The Balaban J connectivity index is 1.99. The molecule has 2 aromatic rings. The SMILES string of the molecule is CCc1ncnc(N2C[C@H](O)C[C@@H]2c2nc(C)no2)c1F. The third-order valence-corrected chi connectivity index (χ3v) is 3.56.